The molecule has 0 aliphatic heterocycles. The number of carbonyl (C=O) groups is 1. The summed E-state index contributed by atoms with van der Waals surface area (Å²) in [7, 11) is 0. The fourth-order valence-electron chi connectivity index (χ4n) is 2.11. The highest BCUT2D eigenvalue weighted by molar-refractivity contribution is 6.04. The Balaban J connectivity index is 2.10. The summed E-state index contributed by atoms with van der Waals surface area (Å²) < 4.78 is 0. The molecule has 0 saturated heterocycles. The SMILES string of the molecule is CC(C)(C)c1ccc(C(=O)Nc2ccc(C(N)=NO)cc2)cc1. The van der Waals surface area contributed by atoms with Gasteiger partial charge in [-0.3, -0.25) is 4.79 Å². The molecule has 0 saturated carbocycles. The maximum atomic E-state index is 12.3. The van der Waals surface area contributed by atoms with Crippen LogP contribution in [0, 0.1) is 0 Å². The van der Waals surface area contributed by atoms with Crippen molar-refractivity contribution in [3.63, 3.8) is 0 Å². The average molecular weight is 311 g/mol. The Bertz CT molecular complexity index is 711. The van der Waals surface area contributed by atoms with Crippen molar-refractivity contribution in [3.05, 3.63) is 65.2 Å². The summed E-state index contributed by atoms with van der Waals surface area (Å²) in [6, 6.07) is 14.3. The van der Waals surface area contributed by atoms with Crippen molar-refractivity contribution in [3.8, 4) is 0 Å². The van der Waals surface area contributed by atoms with Crippen LogP contribution in [0.15, 0.2) is 53.7 Å². The number of amides is 1. The quantitative estimate of drug-likeness (QED) is 0.351. The van der Waals surface area contributed by atoms with E-state index in [1.165, 1.54) is 5.56 Å². The fourth-order valence-corrected chi connectivity index (χ4v) is 2.11. The highest BCUT2D eigenvalue weighted by atomic mass is 16.4. The number of hydrogen-bond donors (Lipinski definition) is 3. The molecule has 1 amide bonds. The molecule has 4 N–H and O–H groups in total. The molecule has 0 heterocycles. The first-order valence-corrected chi connectivity index (χ1v) is 7.31. The van der Waals surface area contributed by atoms with E-state index in [9.17, 15) is 4.79 Å². The van der Waals surface area contributed by atoms with Gasteiger partial charge in [-0.05, 0) is 47.4 Å². The zero-order valence-corrected chi connectivity index (χ0v) is 13.5. The molecule has 0 unspecified atom stereocenters. The largest absolute Gasteiger partial charge is 0.409 e. The highest BCUT2D eigenvalue weighted by Gasteiger charge is 2.14. The third-order valence-electron chi connectivity index (χ3n) is 3.56. The van der Waals surface area contributed by atoms with Crippen molar-refractivity contribution >= 4 is 17.4 Å². The van der Waals surface area contributed by atoms with Gasteiger partial charge < -0.3 is 16.3 Å². The number of hydrogen-bond acceptors (Lipinski definition) is 3. The van der Waals surface area contributed by atoms with Gasteiger partial charge in [0.1, 0.15) is 0 Å². The van der Waals surface area contributed by atoms with E-state index in [4.69, 9.17) is 10.9 Å². The highest BCUT2D eigenvalue weighted by Crippen LogP contribution is 2.22. The molecule has 0 bridgehead atoms. The fraction of sp³-hybridized carbons (Fsp3) is 0.222. The molecule has 2 aromatic carbocycles. The van der Waals surface area contributed by atoms with E-state index in [2.05, 4.69) is 31.2 Å². The molecule has 120 valence electrons. The number of carbonyl (C=O) groups excluding carboxylic acids is 1. The van der Waals surface area contributed by atoms with Gasteiger partial charge in [-0.25, -0.2) is 0 Å². The zero-order valence-electron chi connectivity index (χ0n) is 13.5. The monoisotopic (exact) mass is 311 g/mol. The van der Waals surface area contributed by atoms with Crippen molar-refractivity contribution < 1.29 is 10.0 Å². The number of nitrogens with one attached hydrogen (secondary N) is 1. The summed E-state index contributed by atoms with van der Waals surface area (Å²) in [5.41, 5.74) is 8.55. The Morgan fingerprint density at radius 1 is 1.00 bits per heavy atom. The number of rotatable bonds is 3. The molecule has 23 heavy (non-hydrogen) atoms. The Kier molecular flexibility index (Phi) is 4.69. The van der Waals surface area contributed by atoms with Crippen molar-refractivity contribution in [2.24, 2.45) is 10.9 Å². The molecule has 2 rings (SSSR count). The molecule has 5 heteroatoms. The molecular weight excluding hydrogens is 290 g/mol. The van der Waals surface area contributed by atoms with E-state index >= 15 is 0 Å². The van der Waals surface area contributed by atoms with Gasteiger partial charge in [-0.15, -0.1) is 0 Å². The topological polar surface area (TPSA) is 87.7 Å². The molecule has 0 spiro atoms. The minimum Gasteiger partial charge on any atom is -0.409 e. The smallest absolute Gasteiger partial charge is 0.255 e. The molecule has 0 fully saturated rings. The van der Waals surface area contributed by atoms with Crippen LogP contribution in [0.3, 0.4) is 0 Å². The molecule has 2 aromatic rings. The van der Waals surface area contributed by atoms with Crippen molar-refractivity contribution in [2.45, 2.75) is 26.2 Å². The first kappa shape index (κ1) is 16.5. The van der Waals surface area contributed by atoms with E-state index in [1.807, 2.05) is 24.3 Å². The van der Waals surface area contributed by atoms with Gasteiger partial charge in [0.05, 0.1) is 0 Å². The minimum atomic E-state index is -0.179. The predicted octanol–water partition coefficient (Wildman–Crippen LogP) is 3.33. The van der Waals surface area contributed by atoms with Crippen LogP contribution < -0.4 is 11.1 Å². The summed E-state index contributed by atoms with van der Waals surface area (Å²) >= 11 is 0. The second-order valence-corrected chi connectivity index (χ2v) is 6.34. The molecule has 0 atom stereocenters. The van der Waals surface area contributed by atoms with Gasteiger partial charge in [-0.2, -0.15) is 0 Å². The molecular formula is C18H21N3O2. The first-order chi connectivity index (χ1) is 10.8. The standard InChI is InChI=1S/C18H21N3O2/c1-18(2,3)14-8-4-13(5-9-14)17(22)20-15-10-6-12(7-11-15)16(19)21-23/h4-11,23H,1-3H3,(H2,19,21)(H,20,22). The van der Waals surface area contributed by atoms with Gasteiger partial charge in [0, 0.05) is 16.8 Å². The first-order valence-electron chi connectivity index (χ1n) is 7.31. The van der Waals surface area contributed by atoms with Crippen molar-refractivity contribution in [2.75, 3.05) is 5.32 Å². The third-order valence-corrected chi connectivity index (χ3v) is 3.56. The lowest BCUT2D eigenvalue weighted by Crippen LogP contribution is -2.15. The third kappa shape index (κ3) is 4.10. The van der Waals surface area contributed by atoms with Crippen LogP contribution in [0.5, 0.6) is 0 Å². The van der Waals surface area contributed by atoms with Crippen LogP contribution in [-0.4, -0.2) is 17.0 Å². The van der Waals surface area contributed by atoms with Gasteiger partial charge in [0.15, 0.2) is 5.84 Å². The lowest BCUT2D eigenvalue weighted by atomic mass is 9.87. The van der Waals surface area contributed by atoms with Gasteiger partial charge in [0.2, 0.25) is 0 Å². The van der Waals surface area contributed by atoms with E-state index in [0.29, 0.717) is 16.8 Å². The van der Waals surface area contributed by atoms with Crippen LogP contribution in [0.2, 0.25) is 0 Å². The van der Waals surface area contributed by atoms with Crippen LogP contribution in [-0.2, 0) is 5.41 Å². The summed E-state index contributed by atoms with van der Waals surface area (Å²) in [5.74, 6) is -0.150. The number of benzene rings is 2. The number of nitrogens with zero attached hydrogens (tertiary/aromatic N) is 1. The Morgan fingerprint density at radius 3 is 2.00 bits per heavy atom. The Labute approximate surface area is 135 Å². The Hall–Kier alpha value is -2.82. The van der Waals surface area contributed by atoms with Crippen LogP contribution >= 0.6 is 0 Å². The van der Waals surface area contributed by atoms with Gasteiger partial charge in [0.25, 0.3) is 5.91 Å². The normalized spacial score (nSPS) is 12.0. The molecule has 0 radical (unpaired) electrons. The molecule has 0 aliphatic carbocycles. The lowest BCUT2D eigenvalue weighted by Gasteiger charge is -2.19. The number of oxime groups is 1. The van der Waals surface area contributed by atoms with Crippen molar-refractivity contribution in [1.29, 1.82) is 0 Å². The second kappa shape index (κ2) is 6.52. The zero-order chi connectivity index (χ0) is 17.0. The molecule has 0 aromatic heterocycles. The van der Waals surface area contributed by atoms with Gasteiger partial charge in [-0.1, -0.05) is 38.1 Å². The summed E-state index contributed by atoms with van der Waals surface area (Å²) in [5, 5.41) is 14.4. The molecule has 0 aliphatic rings. The van der Waals surface area contributed by atoms with Gasteiger partial charge >= 0.3 is 0 Å². The van der Waals surface area contributed by atoms with E-state index in [1.54, 1.807) is 24.3 Å². The minimum absolute atomic E-state index is 0.0284. The van der Waals surface area contributed by atoms with Crippen molar-refractivity contribution in [1.82, 2.24) is 0 Å². The van der Waals surface area contributed by atoms with Crippen LogP contribution in [0.1, 0.15) is 42.3 Å². The predicted molar refractivity (Wildman–Crippen MR) is 92.0 cm³/mol. The maximum absolute atomic E-state index is 12.3. The van der Waals surface area contributed by atoms with Crippen LogP contribution in [0.4, 0.5) is 5.69 Å². The summed E-state index contributed by atoms with van der Waals surface area (Å²) in [6.45, 7) is 6.39. The molecule has 5 nitrogen and oxygen atoms in total. The van der Waals surface area contributed by atoms with E-state index < -0.39 is 0 Å². The second-order valence-electron chi connectivity index (χ2n) is 6.34. The van der Waals surface area contributed by atoms with E-state index in [0.717, 1.165) is 0 Å². The summed E-state index contributed by atoms with van der Waals surface area (Å²) in [4.78, 5) is 12.3. The number of anilines is 1. The van der Waals surface area contributed by atoms with E-state index in [-0.39, 0.29) is 17.2 Å². The number of amidine groups is 1. The lowest BCUT2D eigenvalue weighted by molar-refractivity contribution is 0.102. The maximum Gasteiger partial charge on any atom is 0.255 e. The van der Waals surface area contributed by atoms with Crippen LogP contribution in [0.25, 0.3) is 0 Å². The Morgan fingerprint density at radius 2 is 1.52 bits per heavy atom. The number of nitrogens with two attached hydrogens (primary N) is 1. The average Bonchev–Trinajstić information content (AvgIpc) is 2.54. The summed E-state index contributed by atoms with van der Waals surface area (Å²) in [6.07, 6.45) is 0.